The fraction of sp³-hybridized carbons (Fsp3) is 0.357. The molecule has 1 atom stereocenters. The van der Waals surface area contributed by atoms with Crippen molar-refractivity contribution in [2.75, 3.05) is 5.32 Å². The van der Waals surface area contributed by atoms with Gasteiger partial charge in [-0.1, -0.05) is 55.3 Å². The van der Waals surface area contributed by atoms with Gasteiger partial charge in [0.25, 0.3) is 5.91 Å². The summed E-state index contributed by atoms with van der Waals surface area (Å²) < 4.78 is 0. The number of anilines is 1. The minimum absolute atomic E-state index is 0.263. The van der Waals surface area contributed by atoms with Gasteiger partial charge in [0.05, 0.1) is 10.6 Å². The average Bonchev–Trinajstić information content (AvgIpc) is 2.88. The maximum atomic E-state index is 12.1. The monoisotopic (exact) mass is 309 g/mol. The second-order valence-corrected chi connectivity index (χ2v) is 5.99. The molecule has 0 unspecified atom stereocenters. The molecular weight excluding hydrogens is 294 g/mol. The lowest BCUT2D eigenvalue weighted by molar-refractivity contribution is 0.102. The third kappa shape index (κ3) is 3.55. The summed E-state index contributed by atoms with van der Waals surface area (Å²) in [5.74, 6) is 0.102. The van der Waals surface area contributed by atoms with Crippen molar-refractivity contribution in [1.82, 2.24) is 10.2 Å². The lowest BCUT2D eigenvalue weighted by Gasteiger charge is -2.04. The molecule has 0 aliphatic carbocycles. The molecule has 20 heavy (non-hydrogen) atoms. The Hall–Kier alpha value is -1.46. The highest BCUT2D eigenvalue weighted by Crippen LogP contribution is 2.27. The van der Waals surface area contributed by atoms with Gasteiger partial charge in [0, 0.05) is 5.92 Å². The molecule has 1 amide bonds. The Morgan fingerprint density at radius 1 is 1.40 bits per heavy atom. The van der Waals surface area contributed by atoms with E-state index >= 15 is 0 Å². The molecule has 2 aromatic rings. The Labute approximate surface area is 127 Å². The number of hydrogen-bond donors (Lipinski definition) is 1. The fourth-order valence-corrected chi connectivity index (χ4v) is 2.90. The van der Waals surface area contributed by atoms with E-state index in [0.29, 0.717) is 21.6 Å². The second-order valence-electron chi connectivity index (χ2n) is 4.57. The summed E-state index contributed by atoms with van der Waals surface area (Å²) in [5.41, 5.74) is 0.438. The lowest BCUT2D eigenvalue weighted by Crippen LogP contribution is -2.12. The topological polar surface area (TPSA) is 54.9 Å². The van der Waals surface area contributed by atoms with Crippen molar-refractivity contribution < 1.29 is 4.79 Å². The van der Waals surface area contributed by atoms with Crippen LogP contribution in [0.5, 0.6) is 0 Å². The van der Waals surface area contributed by atoms with Gasteiger partial charge in [-0.3, -0.25) is 10.1 Å². The number of aromatic nitrogens is 2. The normalized spacial score (nSPS) is 12.2. The molecule has 106 valence electrons. The van der Waals surface area contributed by atoms with E-state index in [0.717, 1.165) is 17.8 Å². The average molecular weight is 310 g/mol. The standard InChI is InChI=1S/C14H16ClN3OS/c1-3-6-9(2)13-17-18-14(20-13)16-12(19)10-7-4-5-8-11(10)15/h4-5,7-9H,3,6H2,1-2H3,(H,16,18,19)/t9-/m1/s1. The maximum absolute atomic E-state index is 12.1. The van der Waals surface area contributed by atoms with Gasteiger partial charge < -0.3 is 0 Å². The van der Waals surface area contributed by atoms with Crippen molar-refractivity contribution in [3.05, 3.63) is 39.9 Å². The zero-order valence-electron chi connectivity index (χ0n) is 11.4. The summed E-state index contributed by atoms with van der Waals surface area (Å²) in [7, 11) is 0. The number of carbonyl (C=O) groups excluding carboxylic acids is 1. The Bertz CT molecular complexity index is 600. The van der Waals surface area contributed by atoms with Gasteiger partial charge in [-0.25, -0.2) is 0 Å². The molecule has 0 aliphatic rings. The quantitative estimate of drug-likeness (QED) is 0.893. The number of halogens is 1. The first-order chi connectivity index (χ1) is 9.61. The minimum atomic E-state index is -0.263. The fourth-order valence-electron chi connectivity index (χ4n) is 1.85. The van der Waals surface area contributed by atoms with Crippen LogP contribution in [-0.4, -0.2) is 16.1 Å². The highest BCUT2D eigenvalue weighted by molar-refractivity contribution is 7.15. The van der Waals surface area contributed by atoms with Crippen LogP contribution in [0.2, 0.25) is 5.02 Å². The Morgan fingerprint density at radius 2 is 2.15 bits per heavy atom. The van der Waals surface area contributed by atoms with Crippen LogP contribution >= 0.6 is 22.9 Å². The van der Waals surface area contributed by atoms with Gasteiger partial charge in [0.2, 0.25) is 5.13 Å². The van der Waals surface area contributed by atoms with Crippen LogP contribution < -0.4 is 5.32 Å². The molecule has 1 heterocycles. The minimum Gasteiger partial charge on any atom is -0.296 e. The third-order valence-electron chi connectivity index (χ3n) is 2.92. The smallest absolute Gasteiger partial charge is 0.259 e. The first-order valence-corrected chi connectivity index (χ1v) is 7.70. The van der Waals surface area contributed by atoms with Crippen LogP contribution in [0.3, 0.4) is 0 Å². The van der Waals surface area contributed by atoms with E-state index in [4.69, 9.17) is 11.6 Å². The SMILES string of the molecule is CCC[C@@H](C)c1nnc(NC(=O)c2ccccc2Cl)s1. The van der Waals surface area contributed by atoms with Crippen LogP contribution in [0.1, 0.15) is 48.0 Å². The molecule has 1 aromatic heterocycles. The number of hydrogen-bond acceptors (Lipinski definition) is 4. The zero-order valence-corrected chi connectivity index (χ0v) is 13.0. The van der Waals surface area contributed by atoms with Crippen molar-refractivity contribution in [3.8, 4) is 0 Å². The van der Waals surface area contributed by atoms with Crippen molar-refractivity contribution in [2.45, 2.75) is 32.6 Å². The van der Waals surface area contributed by atoms with E-state index in [-0.39, 0.29) is 5.91 Å². The second kappa shape index (κ2) is 6.81. The molecular formula is C14H16ClN3OS. The van der Waals surface area contributed by atoms with Gasteiger partial charge >= 0.3 is 0 Å². The van der Waals surface area contributed by atoms with Crippen molar-refractivity contribution >= 4 is 34.0 Å². The van der Waals surface area contributed by atoms with Crippen LogP contribution in [0.15, 0.2) is 24.3 Å². The Morgan fingerprint density at radius 3 is 2.85 bits per heavy atom. The van der Waals surface area contributed by atoms with Crippen LogP contribution in [-0.2, 0) is 0 Å². The highest BCUT2D eigenvalue weighted by Gasteiger charge is 2.15. The summed E-state index contributed by atoms with van der Waals surface area (Å²) in [6.45, 7) is 4.25. The zero-order chi connectivity index (χ0) is 14.5. The van der Waals surface area contributed by atoms with Crippen LogP contribution in [0.25, 0.3) is 0 Å². The summed E-state index contributed by atoms with van der Waals surface area (Å²) in [4.78, 5) is 12.1. The molecule has 4 nitrogen and oxygen atoms in total. The molecule has 1 N–H and O–H groups in total. The molecule has 0 spiro atoms. The van der Waals surface area contributed by atoms with E-state index in [1.807, 2.05) is 0 Å². The number of nitrogens with one attached hydrogen (secondary N) is 1. The van der Waals surface area contributed by atoms with Gasteiger partial charge in [0.1, 0.15) is 5.01 Å². The molecule has 0 aliphatic heterocycles. The Balaban J connectivity index is 2.07. The Kier molecular flexibility index (Phi) is 5.09. The molecule has 0 fully saturated rings. The number of benzene rings is 1. The van der Waals surface area contributed by atoms with E-state index in [1.165, 1.54) is 11.3 Å². The van der Waals surface area contributed by atoms with Crippen molar-refractivity contribution in [3.63, 3.8) is 0 Å². The van der Waals surface area contributed by atoms with Crippen LogP contribution in [0.4, 0.5) is 5.13 Å². The van der Waals surface area contributed by atoms with Crippen molar-refractivity contribution in [1.29, 1.82) is 0 Å². The summed E-state index contributed by atoms with van der Waals surface area (Å²) >= 11 is 7.40. The highest BCUT2D eigenvalue weighted by atomic mass is 35.5. The van der Waals surface area contributed by atoms with Crippen LogP contribution in [0, 0.1) is 0 Å². The lowest BCUT2D eigenvalue weighted by atomic mass is 10.1. The largest absolute Gasteiger partial charge is 0.296 e. The number of amides is 1. The summed E-state index contributed by atoms with van der Waals surface area (Å²) in [5, 5.41) is 12.7. The van der Waals surface area contributed by atoms with Gasteiger partial charge in [-0.2, -0.15) is 0 Å². The van der Waals surface area contributed by atoms with E-state index in [2.05, 4.69) is 29.4 Å². The summed E-state index contributed by atoms with van der Waals surface area (Å²) in [6.07, 6.45) is 2.16. The van der Waals surface area contributed by atoms with E-state index < -0.39 is 0 Å². The molecule has 1 aromatic carbocycles. The molecule has 0 saturated heterocycles. The van der Waals surface area contributed by atoms with E-state index in [1.54, 1.807) is 24.3 Å². The van der Waals surface area contributed by atoms with Gasteiger partial charge in [0.15, 0.2) is 0 Å². The first-order valence-electron chi connectivity index (χ1n) is 6.51. The molecule has 0 saturated carbocycles. The van der Waals surface area contributed by atoms with Gasteiger partial charge in [-0.15, -0.1) is 10.2 Å². The summed E-state index contributed by atoms with van der Waals surface area (Å²) in [6, 6.07) is 6.93. The number of rotatable bonds is 5. The predicted octanol–water partition coefficient (Wildman–Crippen LogP) is 4.35. The van der Waals surface area contributed by atoms with Gasteiger partial charge in [-0.05, 0) is 18.6 Å². The predicted molar refractivity (Wildman–Crippen MR) is 82.6 cm³/mol. The third-order valence-corrected chi connectivity index (χ3v) is 4.32. The number of carbonyl (C=O) groups is 1. The van der Waals surface area contributed by atoms with E-state index in [9.17, 15) is 4.79 Å². The first kappa shape index (κ1) is 14.9. The van der Waals surface area contributed by atoms with Crippen molar-refractivity contribution in [2.24, 2.45) is 0 Å². The number of nitrogens with zero attached hydrogens (tertiary/aromatic N) is 2. The molecule has 6 heteroatoms. The molecule has 0 radical (unpaired) electrons. The molecule has 0 bridgehead atoms. The maximum Gasteiger partial charge on any atom is 0.259 e. The molecule has 2 rings (SSSR count).